The van der Waals surface area contributed by atoms with E-state index in [2.05, 4.69) is 15.6 Å². The van der Waals surface area contributed by atoms with Crippen LogP contribution >= 0.6 is 24.0 Å². The summed E-state index contributed by atoms with van der Waals surface area (Å²) >= 11 is 0. The first-order valence-electron chi connectivity index (χ1n) is 7.96. The molecule has 6 heteroatoms. The molecule has 23 heavy (non-hydrogen) atoms. The summed E-state index contributed by atoms with van der Waals surface area (Å²) in [6.45, 7) is 5.03. The monoisotopic (exact) mass is 435 g/mol. The lowest BCUT2D eigenvalue weighted by atomic mass is 10.1. The molecule has 0 bridgehead atoms. The Morgan fingerprint density at radius 2 is 2.04 bits per heavy atom. The first-order valence-corrected chi connectivity index (χ1v) is 7.96. The molecule has 0 atom stereocenters. The van der Waals surface area contributed by atoms with Crippen LogP contribution in [0.2, 0.25) is 0 Å². The molecule has 1 saturated carbocycles. The smallest absolute Gasteiger partial charge is 0.191 e. The standard InChI is InChI=1S/C17H26FN3O.HI/c1-13-11-16(18)6-5-15(13)7-8-20-17(19-2)21-9-10-22-12-14-3-4-14;/h5-6,11,14H,3-4,7-10,12H2,1-2H3,(H2,19,20,21);1H. The highest BCUT2D eigenvalue weighted by atomic mass is 127. The van der Waals surface area contributed by atoms with Crippen molar-refractivity contribution in [1.82, 2.24) is 10.6 Å². The van der Waals surface area contributed by atoms with Crippen LogP contribution in [0.15, 0.2) is 23.2 Å². The Hall–Kier alpha value is -0.890. The SMILES string of the molecule is CN=C(NCCOCC1CC1)NCCc1ccc(F)cc1C.I. The van der Waals surface area contributed by atoms with E-state index in [4.69, 9.17) is 4.74 Å². The topological polar surface area (TPSA) is 45.7 Å². The highest BCUT2D eigenvalue weighted by Gasteiger charge is 2.20. The van der Waals surface area contributed by atoms with Gasteiger partial charge < -0.3 is 15.4 Å². The quantitative estimate of drug-likeness (QED) is 0.286. The number of benzene rings is 1. The average Bonchev–Trinajstić information content (AvgIpc) is 3.31. The Labute approximate surface area is 155 Å². The molecule has 2 rings (SSSR count). The third kappa shape index (κ3) is 7.97. The van der Waals surface area contributed by atoms with E-state index in [0.717, 1.165) is 49.1 Å². The van der Waals surface area contributed by atoms with Crippen molar-refractivity contribution in [1.29, 1.82) is 0 Å². The van der Waals surface area contributed by atoms with E-state index in [1.54, 1.807) is 13.1 Å². The van der Waals surface area contributed by atoms with E-state index in [9.17, 15) is 4.39 Å². The van der Waals surface area contributed by atoms with E-state index in [0.29, 0.717) is 6.61 Å². The number of halogens is 2. The second-order valence-electron chi connectivity index (χ2n) is 5.76. The summed E-state index contributed by atoms with van der Waals surface area (Å²) in [5.74, 6) is 1.39. The summed E-state index contributed by atoms with van der Waals surface area (Å²) in [6.07, 6.45) is 3.48. The fraction of sp³-hybridized carbons (Fsp3) is 0.588. The van der Waals surface area contributed by atoms with Crippen molar-refractivity contribution < 1.29 is 9.13 Å². The maximum atomic E-state index is 13.1. The number of nitrogens with zero attached hydrogens (tertiary/aromatic N) is 1. The van der Waals surface area contributed by atoms with Crippen molar-refractivity contribution in [2.24, 2.45) is 10.9 Å². The predicted molar refractivity (Wildman–Crippen MR) is 103 cm³/mol. The van der Waals surface area contributed by atoms with Crippen molar-refractivity contribution in [2.45, 2.75) is 26.2 Å². The molecule has 0 saturated heterocycles. The highest BCUT2D eigenvalue weighted by molar-refractivity contribution is 14.0. The molecule has 130 valence electrons. The Morgan fingerprint density at radius 1 is 1.30 bits per heavy atom. The van der Waals surface area contributed by atoms with Crippen LogP contribution in [-0.4, -0.2) is 39.3 Å². The van der Waals surface area contributed by atoms with E-state index in [1.807, 2.05) is 13.0 Å². The molecule has 0 aliphatic heterocycles. The van der Waals surface area contributed by atoms with Gasteiger partial charge in [-0.25, -0.2) is 4.39 Å². The number of ether oxygens (including phenoxy) is 1. The van der Waals surface area contributed by atoms with Gasteiger partial charge in [0.1, 0.15) is 5.82 Å². The molecule has 1 aromatic carbocycles. The Kier molecular flexibility index (Phi) is 9.47. The highest BCUT2D eigenvalue weighted by Crippen LogP contribution is 2.28. The molecule has 1 aromatic rings. The van der Waals surface area contributed by atoms with Crippen LogP contribution in [0, 0.1) is 18.7 Å². The lowest BCUT2D eigenvalue weighted by Crippen LogP contribution is -2.39. The summed E-state index contributed by atoms with van der Waals surface area (Å²) in [6, 6.07) is 4.92. The van der Waals surface area contributed by atoms with Gasteiger partial charge in [-0.1, -0.05) is 6.07 Å². The minimum absolute atomic E-state index is 0. The van der Waals surface area contributed by atoms with Crippen LogP contribution < -0.4 is 10.6 Å². The number of rotatable bonds is 8. The zero-order valence-corrected chi connectivity index (χ0v) is 16.2. The van der Waals surface area contributed by atoms with Crippen molar-refractivity contribution >= 4 is 29.9 Å². The molecule has 0 radical (unpaired) electrons. The molecule has 0 aromatic heterocycles. The van der Waals surface area contributed by atoms with Crippen LogP contribution in [0.4, 0.5) is 4.39 Å². The van der Waals surface area contributed by atoms with Crippen molar-refractivity contribution in [2.75, 3.05) is 33.4 Å². The van der Waals surface area contributed by atoms with Gasteiger partial charge in [0.15, 0.2) is 5.96 Å². The minimum atomic E-state index is -0.183. The normalized spacial score (nSPS) is 14.3. The number of aryl methyl sites for hydroxylation is 1. The molecule has 1 aliphatic rings. The minimum Gasteiger partial charge on any atom is -0.379 e. The van der Waals surface area contributed by atoms with Gasteiger partial charge in [-0.3, -0.25) is 4.99 Å². The van der Waals surface area contributed by atoms with Gasteiger partial charge in [-0.2, -0.15) is 0 Å². The Morgan fingerprint density at radius 3 is 2.70 bits per heavy atom. The second-order valence-corrected chi connectivity index (χ2v) is 5.76. The third-order valence-corrected chi connectivity index (χ3v) is 3.80. The molecule has 2 N–H and O–H groups in total. The maximum Gasteiger partial charge on any atom is 0.191 e. The first kappa shape index (κ1) is 20.2. The number of hydrogen-bond donors (Lipinski definition) is 2. The zero-order chi connectivity index (χ0) is 15.8. The van der Waals surface area contributed by atoms with Gasteiger partial charge >= 0.3 is 0 Å². The van der Waals surface area contributed by atoms with Crippen LogP contribution in [0.3, 0.4) is 0 Å². The van der Waals surface area contributed by atoms with Gasteiger partial charge in [-0.05, 0) is 55.4 Å². The Balaban J connectivity index is 0.00000264. The first-order chi connectivity index (χ1) is 10.7. The lowest BCUT2D eigenvalue weighted by Gasteiger charge is -2.13. The summed E-state index contributed by atoms with van der Waals surface area (Å²) in [4.78, 5) is 4.18. The van der Waals surface area contributed by atoms with Crippen molar-refractivity contribution in [3.05, 3.63) is 35.1 Å². The maximum absolute atomic E-state index is 13.1. The fourth-order valence-electron chi connectivity index (χ4n) is 2.25. The number of aliphatic imine (C=N–C) groups is 1. The van der Waals surface area contributed by atoms with Crippen LogP contribution in [0.25, 0.3) is 0 Å². The summed E-state index contributed by atoms with van der Waals surface area (Å²) in [5, 5.41) is 6.49. The van der Waals surface area contributed by atoms with Gasteiger partial charge in [0, 0.05) is 26.7 Å². The van der Waals surface area contributed by atoms with E-state index in [-0.39, 0.29) is 29.8 Å². The van der Waals surface area contributed by atoms with Crippen molar-refractivity contribution in [3.63, 3.8) is 0 Å². The number of guanidine groups is 1. The van der Waals surface area contributed by atoms with Gasteiger partial charge in [0.25, 0.3) is 0 Å². The van der Waals surface area contributed by atoms with Crippen LogP contribution in [0.1, 0.15) is 24.0 Å². The summed E-state index contributed by atoms with van der Waals surface area (Å²) < 4.78 is 18.6. The third-order valence-electron chi connectivity index (χ3n) is 3.80. The molecule has 1 fully saturated rings. The van der Waals surface area contributed by atoms with Gasteiger partial charge in [-0.15, -0.1) is 24.0 Å². The van der Waals surface area contributed by atoms with Gasteiger partial charge in [0.05, 0.1) is 6.61 Å². The molecule has 0 spiro atoms. The fourth-order valence-corrected chi connectivity index (χ4v) is 2.25. The summed E-state index contributed by atoms with van der Waals surface area (Å²) in [5.41, 5.74) is 2.13. The molecule has 1 aliphatic carbocycles. The Bertz CT molecular complexity index is 507. The largest absolute Gasteiger partial charge is 0.379 e. The zero-order valence-electron chi connectivity index (χ0n) is 13.9. The molecule has 4 nitrogen and oxygen atoms in total. The lowest BCUT2D eigenvalue weighted by molar-refractivity contribution is 0.129. The average molecular weight is 435 g/mol. The second kappa shape index (κ2) is 10.8. The molecular formula is C17H27FIN3O. The van der Waals surface area contributed by atoms with Crippen molar-refractivity contribution in [3.8, 4) is 0 Å². The number of hydrogen-bond acceptors (Lipinski definition) is 2. The van der Waals surface area contributed by atoms with E-state index < -0.39 is 0 Å². The summed E-state index contributed by atoms with van der Waals surface area (Å²) in [7, 11) is 1.75. The predicted octanol–water partition coefficient (Wildman–Crippen LogP) is 2.89. The van der Waals surface area contributed by atoms with E-state index in [1.165, 1.54) is 18.9 Å². The molecule has 0 amide bonds. The molecule has 0 unspecified atom stereocenters. The van der Waals surface area contributed by atoms with E-state index >= 15 is 0 Å². The number of nitrogens with one attached hydrogen (secondary N) is 2. The molecular weight excluding hydrogens is 408 g/mol. The van der Waals surface area contributed by atoms with Crippen LogP contribution in [0.5, 0.6) is 0 Å². The molecule has 0 heterocycles. The van der Waals surface area contributed by atoms with Crippen LogP contribution in [-0.2, 0) is 11.2 Å². The van der Waals surface area contributed by atoms with Gasteiger partial charge in [0.2, 0.25) is 0 Å².